The molecule has 0 spiro atoms. The van der Waals surface area contributed by atoms with Crippen LogP contribution in [-0.2, 0) is 37.9 Å². The smallest absolute Gasteiger partial charge is 0.187 e. The molecule has 0 bridgehead atoms. The molecule has 2 fully saturated rings. The summed E-state index contributed by atoms with van der Waals surface area (Å²) in [6.45, 7) is 18.3. The highest BCUT2D eigenvalue weighted by Gasteiger charge is 2.48. The zero-order valence-corrected chi connectivity index (χ0v) is 21.0. The summed E-state index contributed by atoms with van der Waals surface area (Å²) in [5.41, 5.74) is 1.01. The molecular formula is C24H44O8. The van der Waals surface area contributed by atoms with E-state index in [1.807, 2.05) is 40.7 Å². The zero-order valence-electron chi connectivity index (χ0n) is 21.0. The van der Waals surface area contributed by atoms with Gasteiger partial charge in [0, 0.05) is 31.8 Å². The van der Waals surface area contributed by atoms with Crippen molar-refractivity contribution < 1.29 is 37.9 Å². The molecular weight excluding hydrogens is 416 g/mol. The first-order chi connectivity index (χ1) is 15.4. The van der Waals surface area contributed by atoms with Gasteiger partial charge in [0.05, 0.1) is 26.4 Å². The molecule has 0 N–H and O–H groups in total. The Morgan fingerprint density at radius 2 is 1.44 bits per heavy atom. The molecule has 2 heterocycles. The summed E-state index contributed by atoms with van der Waals surface area (Å²) in [5.74, 6) is 0. The maximum absolute atomic E-state index is 6.28. The number of rotatable bonds is 13. The van der Waals surface area contributed by atoms with E-state index in [4.69, 9.17) is 37.9 Å². The minimum Gasteiger partial charge on any atom is -0.379 e. The van der Waals surface area contributed by atoms with E-state index in [1.165, 1.54) is 0 Å². The SMILES string of the molecule is CCOC[C@H]1O[C@@H](OC/C=C(\C)C2OCC(C)(C)CO2)[C@H](OCC)[C@@H](OCC)[C@@H]1OCC. The van der Waals surface area contributed by atoms with Crippen molar-refractivity contribution in [2.75, 3.05) is 52.9 Å². The van der Waals surface area contributed by atoms with Crippen molar-refractivity contribution in [1.29, 1.82) is 0 Å². The second-order valence-electron chi connectivity index (χ2n) is 8.86. The fraction of sp³-hybridized carbons (Fsp3) is 0.917. The lowest BCUT2D eigenvalue weighted by Crippen LogP contribution is -2.62. The van der Waals surface area contributed by atoms with Gasteiger partial charge in [-0.3, -0.25) is 0 Å². The zero-order chi connectivity index (χ0) is 23.6. The van der Waals surface area contributed by atoms with E-state index in [-0.39, 0.29) is 30.0 Å². The standard InChI is InChI=1S/C24H44O8/c1-8-25-14-18-19(26-9-2)20(27-10-3)21(28-11-4)23(32-18)29-13-12-17(5)22-30-15-24(6,7)16-31-22/h12,18-23H,8-11,13-16H2,1-7H3/b17-12+/t18-,19-,20+,21-,23-/m1/s1. The van der Waals surface area contributed by atoms with Crippen LogP contribution in [0.25, 0.3) is 0 Å². The molecule has 2 saturated heterocycles. The van der Waals surface area contributed by atoms with Crippen molar-refractivity contribution >= 4 is 0 Å². The first-order valence-electron chi connectivity index (χ1n) is 12.0. The molecule has 0 aromatic carbocycles. The fourth-order valence-corrected chi connectivity index (χ4v) is 3.85. The van der Waals surface area contributed by atoms with Crippen LogP contribution in [-0.4, -0.2) is 89.9 Å². The maximum Gasteiger partial charge on any atom is 0.187 e. The van der Waals surface area contributed by atoms with Gasteiger partial charge in [-0.1, -0.05) is 19.9 Å². The molecule has 0 radical (unpaired) electrons. The van der Waals surface area contributed by atoms with Gasteiger partial charge in [-0.25, -0.2) is 0 Å². The van der Waals surface area contributed by atoms with E-state index in [2.05, 4.69) is 13.8 Å². The Morgan fingerprint density at radius 3 is 2.03 bits per heavy atom. The van der Waals surface area contributed by atoms with Gasteiger partial charge in [0.2, 0.25) is 0 Å². The first kappa shape index (κ1) is 27.7. The molecule has 0 saturated carbocycles. The Morgan fingerprint density at radius 1 is 0.844 bits per heavy atom. The van der Waals surface area contributed by atoms with Crippen molar-refractivity contribution in [1.82, 2.24) is 0 Å². The quantitative estimate of drug-likeness (QED) is 0.388. The second kappa shape index (κ2) is 14.0. The summed E-state index contributed by atoms with van der Waals surface area (Å²) in [4.78, 5) is 0. The fourth-order valence-electron chi connectivity index (χ4n) is 3.85. The van der Waals surface area contributed by atoms with Crippen LogP contribution in [0.15, 0.2) is 11.6 Å². The van der Waals surface area contributed by atoms with Crippen LogP contribution in [0, 0.1) is 5.41 Å². The molecule has 188 valence electrons. The van der Waals surface area contributed by atoms with E-state index in [9.17, 15) is 0 Å². The van der Waals surface area contributed by atoms with Crippen LogP contribution in [0.3, 0.4) is 0 Å². The predicted molar refractivity (Wildman–Crippen MR) is 121 cm³/mol. The van der Waals surface area contributed by atoms with Crippen LogP contribution in [0.2, 0.25) is 0 Å². The maximum atomic E-state index is 6.28. The monoisotopic (exact) mass is 460 g/mol. The highest BCUT2D eigenvalue weighted by atomic mass is 16.7. The topological polar surface area (TPSA) is 73.8 Å². The second-order valence-corrected chi connectivity index (χ2v) is 8.86. The highest BCUT2D eigenvalue weighted by Crippen LogP contribution is 2.30. The van der Waals surface area contributed by atoms with E-state index in [1.54, 1.807) is 0 Å². The average Bonchev–Trinajstić information content (AvgIpc) is 2.76. The molecule has 8 nitrogen and oxygen atoms in total. The first-order valence-corrected chi connectivity index (χ1v) is 12.0. The molecule has 5 atom stereocenters. The van der Waals surface area contributed by atoms with Crippen LogP contribution >= 0.6 is 0 Å². The number of ether oxygens (including phenoxy) is 8. The summed E-state index contributed by atoms with van der Waals surface area (Å²) in [6.07, 6.45) is -0.321. The van der Waals surface area contributed by atoms with Crippen molar-refractivity contribution in [3.05, 3.63) is 11.6 Å². The third-order valence-electron chi connectivity index (χ3n) is 5.44. The lowest BCUT2D eigenvalue weighted by Gasteiger charge is -2.45. The predicted octanol–water partition coefficient (Wildman–Crippen LogP) is 3.33. The van der Waals surface area contributed by atoms with Gasteiger partial charge in [-0.2, -0.15) is 0 Å². The molecule has 2 aliphatic rings. The number of hydrogen-bond acceptors (Lipinski definition) is 8. The van der Waals surface area contributed by atoms with E-state index >= 15 is 0 Å². The van der Waals surface area contributed by atoms with Gasteiger partial charge < -0.3 is 37.9 Å². The summed E-state index contributed by atoms with van der Waals surface area (Å²) >= 11 is 0. The lowest BCUT2D eigenvalue weighted by molar-refractivity contribution is -0.320. The van der Waals surface area contributed by atoms with Crippen molar-refractivity contribution in [2.45, 2.75) is 85.5 Å². The Kier molecular flexibility index (Phi) is 12.1. The van der Waals surface area contributed by atoms with Gasteiger partial charge >= 0.3 is 0 Å². The largest absolute Gasteiger partial charge is 0.379 e. The molecule has 0 aromatic rings. The Balaban J connectivity index is 2.07. The highest BCUT2D eigenvalue weighted by molar-refractivity contribution is 5.03. The lowest BCUT2D eigenvalue weighted by atomic mass is 9.95. The Bertz CT molecular complexity index is 542. The van der Waals surface area contributed by atoms with Crippen LogP contribution < -0.4 is 0 Å². The summed E-state index contributed by atoms with van der Waals surface area (Å²) in [5, 5.41) is 0. The average molecular weight is 461 g/mol. The molecule has 8 heteroatoms. The Labute approximate surface area is 193 Å². The molecule has 0 aliphatic carbocycles. The minimum atomic E-state index is -0.607. The van der Waals surface area contributed by atoms with Gasteiger partial charge in [0.1, 0.15) is 24.4 Å². The summed E-state index contributed by atoms with van der Waals surface area (Å²) < 4.78 is 47.9. The minimum absolute atomic E-state index is 0.0366. The molecule has 0 amide bonds. The molecule has 2 aliphatic heterocycles. The van der Waals surface area contributed by atoms with E-state index < -0.39 is 12.4 Å². The van der Waals surface area contributed by atoms with Crippen LogP contribution in [0.5, 0.6) is 0 Å². The normalized spacial score (nSPS) is 31.7. The molecule has 0 unspecified atom stereocenters. The van der Waals surface area contributed by atoms with Crippen molar-refractivity contribution in [3.8, 4) is 0 Å². The van der Waals surface area contributed by atoms with Gasteiger partial charge in [-0.15, -0.1) is 0 Å². The number of hydrogen-bond donors (Lipinski definition) is 0. The van der Waals surface area contributed by atoms with Gasteiger partial charge in [0.25, 0.3) is 0 Å². The van der Waals surface area contributed by atoms with Crippen molar-refractivity contribution in [3.63, 3.8) is 0 Å². The molecule has 2 rings (SSSR count). The summed E-state index contributed by atoms with van der Waals surface area (Å²) in [6, 6.07) is 0. The third-order valence-corrected chi connectivity index (χ3v) is 5.44. The van der Waals surface area contributed by atoms with Crippen molar-refractivity contribution in [2.24, 2.45) is 5.41 Å². The van der Waals surface area contributed by atoms with Crippen LogP contribution in [0.4, 0.5) is 0 Å². The molecule has 32 heavy (non-hydrogen) atoms. The van der Waals surface area contributed by atoms with Gasteiger partial charge in [0.15, 0.2) is 12.6 Å². The third kappa shape index (κ3) is 8.02. The molecule has 0 aromatic heterocycles. The van der Waals surface area contributed by atoms with E-state index in [0.717, 1.165) is 5.57 Å². The van der Waals surface area contributed by atoms with Crippen LogP contribution in [0.1, 0.15) is 48.5 Å². The van der Waals surface area contributed by atoms with Gasteiger partial charge in [-0.05, 0) is 40.2 Å². The Hall–Kier alpha value is -0.580. The van der Waals surface area contributed by atoms with E-state index in [0.29, 0.717) is 52.9 Å². The summed E-state index contributed by atoms with van der Waals surface area (Å²) in [7, 11) is 0.